The van der Waals surface area contributed by atoms with Crippen molar-refractivity contribution in [2.75, 3.05) is 13.1 Å². The second-order valence-corrected chi connectivity index (χ2v) is 7.38. The molecule has 1 aliphatic rings. The highest BCUT2D eigenvalue weighted by molar-refractivity contribution is 5.87. The van der Waals surface area contributed by atoms with Crippen LogP contribution in [-0.2, 0) is 19.6 Å². The molecule has 1 aliphatic heterocycles. The van der Waals surface area contributed by atoms with Crippen LogP contribution >= 0.6 is 0 Å². The van der Waals surface area contributed by atoms with E-state index < -0.39 is 0 Å². The number of fused-ring (bicyclic) bond motifs is 3. The maximum atomic E-state index is 12.7. The van der Waals surface area contributed by atoms with Crippen LogP contribution in [0.25, 0.3) is 22.0 Å². The summed E-state index contributed by atoms with van der Waals surface area (Å²) in [6, 6.07) is 20.3. The molecule has 2 aromatic carbocycles. The molecule has 4 aromatic rings. The summed E-state index contributed by atoms with van der Waals surface area (Å²) >= 11 is 0. The number of hydrogen-bond donors (Lipinski definition) is 2. The maximum absolute atomic E-state index is 12.7. The summed E-state index contributed by atoms with van der Waals surface area (Å²) in [4.78, 5) is 15.5. The highest BCUT2D eigenvalue weighted by Gasteiger charge is 2.15. The van der Waals surface area contributed by atoms with E-state index in [1.54, 1.807) is 6.20 Å². The molecule has 146 valence electrons. The van der Waals surface area contributed by atoms with Crippen LogP contribution in [-0.4, -0.2) is 22.6 Å². The van der Waals surface area contributed by atoms with Gasteiger partial charge in [-0.05, 0) is 35.4 Å². The first-order valence-electron chi connectivity index (χ1n) is 10.0. The fraction of sp³-hybridized carbons (Fsp3) is 0.208. The van der Waals surface area contributed by atoms with Crippen molar-refractivity contribution in [1.29, 1.82) is 0 Å². The van der Waals surface area contributed by atoms with Crippen molar-refractivity contribution in [2.24, 2.45) is 0 Å². The second-order valence-electron chi connectivity index (χ2n) is 7.38. The lowest BCUT2D eigenvalue weighted by molar-refractivity contribution is 0.307. The van der Waals surface area contributed by atoms with Crippen LogP contribution in [0.1, 0.15) is 11.3 Å². The molecule has 0 atom stereocenters. The Morgan fingerprint density at radius 2 is 1.90 bits per heavy atom. The fourth-order valence-electron chi connectivity index (χ4n) is 4.08. The first-order chi connectivity index (χ1) is 14.3. The summed E-state index contributed by atoms with van der Waals surface area (Å²) < 4.78 is 8.41. The number of hydrogen-bond acceptors (Lipinski definition) is 3. The lowest BCUT2D eigenvalue weighted by Crippen LogP contribution is -2.17. The van der Waals surface area contributed by atoms with E-state index in [1.807, 2.05) is 42.5 Å². The molecule has 29 heavy (non-hydrogen) atoms. The summed E-state index contributed by atoms with van der Waals surface area (Å²) in [6.07, 6.45) is 2.65. The van der Waals surface area contributed by atoms with Crippen LogP contribution in [0.3, 0.4) is 0 Å². The zero-order valence-electron chi connectivity index (χ0n) is 16.2. The average molecular weight is 385 g/mol. The van der Waals surface area contributed by atoms with Crippen molar-refractivity contribution in [3.8, 4) is 16.9 Å². The highest BCUT2D eigenvalue weighted by Crippen LogP contribution is 2.31. The number of nitrogens with zero attached hydrogens (tertiary/aromatic N) is 1. The van der Waals surface area contributed by atoms with Crippen LogP contribution in [0.15, 0.2) is 71.7 Å². The number of nitrogens with one attached hydrogen (secondary N) is 2. The van der Waals surface area contributed by atoms with Crippen molar-refractivity contribution in [2.45, 2.75) is 19.6 Å². The van der Waals surface area contributed by atoms with Gasteiger partial charge in [-0.1, -0.05) is 36.4 Å². The molecule has 0 radical (unpaired) electrons. The van der Waals surface area contributed by atoms with Crippen molar-refractivity contribution in [3.05, 3.63) is 88.5 Å². The molecule has 0 saturated heterocycles. The number of ether oxygens (including phenoxy) is 1. The van der Waals surface area contributed by atoms with Gasteiger partial charge in [-0.25, -0.2) is 0 Å². The van der Waals surface area contributed by atoms with Crippen molar-refractivity contribution in [3.63, 3.8) is 0 Å². The van der Waals surface area contributed by atoms with Gasteiger partial charge in [0.15, 0.2) is 0 Å². The molecule has 0 fully saturated rings. The Kier molecular flexibility index (Phi) is 4.66. The van der Waals surface area contributed by atoms with E-state index >= 15 is 0 Å². The molecule has 0 spiro atoms. The Labute approximate surface area is 169 Å². The van der Waals surface area contributed by atoms with E-state index in [2.05, 4.69) is 33.1 Å². The van der Waals surface area contributed by atoms with E-state index in [9.17, 15) is 4.79 Å². The molecule has 5 heteroatoms. The molecular weight excluding hydrogens is 362 g/mol. The summed E-state index contributed by atoms with van der Waals surface area (Å²) in [6.45, 7) is 3.37. The van der Waals surface area contributed by atoms with E-state index in [0.29, 0.717) is 17.9 Å². The van der Waals surface area contributed by atoms with Gasteiger partial charge in [0.25, 0.3) is 5.56 Å². The molecule has 0 aliphatic carbocycles. The molecule has 0 unspecified atom stereocenters. The average Bonchev–Trinajstić information content (AvgIpc) is 2.92. The van der Waals surface area contributed by atoms with Crippen LogP contribution in [0.5, 0.6) is 5.75 Å². The maximum Gasteiger partial charge on any atom is 0.259 e. The first kappa shape index (κ1) is 17.8. The third kappa shape index (κ3) is 3.45. The van der Waals surface area contributed by atoms with Crippen LogP contribution in [0.2, 0.25) is 0 Å². The normalized spacial score (nSPS) is 13.8. The largest absolute Gasteiger partial charge is 0.488 e. The predicted molar refractivity (Wildman–Crippen MR) is 115 cm³/mol. The fourth-order valence-corrected chi connectivity index (χ4v) is 4.08. The Balaban J connectivity index is 1.53. The third-order valence-electron chi connectivity index (χ3n) is 5.51. The molecule has 0 saturated carbocycles. The summed E-state index contributed by atoms with van der Waals surface area (Å²) in [5.74, 6) is 0.599. The van der Waals surface area contributed by atoms with E-state index in [-0.39, 0.29) is 5.56 Å². The van der Waals surface area contributed by atoms with Gasteiger partial charge in [-0.2, -0.15) is 0 Å². The van der Waals surface area contributed by atoms with Gasteiger partial charge in [0.1, 0.15) is 12.4 Å². The van der Waals surface area contributed by atoms with Gasteiger partial charge >= 0.3 is 0 Å². The molecule has 5 nitrogen and oxygen atoms in total. The summed E-state index contributed by atoms with van der Waals surface area (Å²) in [5.41, 5.74) is 4.93. The number of aromatic amines is 1. The molecule has 5 rings (SSSR count). The third-order valence-corrected chi connectivity index (χ3v) is 5.51. The second kappa shape index (κ2) is 7.60. The van der Waals surface area contributed by atoms with Crippen LogP contribution in [0.4, 0.5) is 0 Å². The van der Waals surface area contributed by atoms with Crippen molar-refractivity contribution < 1.29 is 4.74 Å². The van der Waals surface area contributed by atoms with E-state index in [0.717, 1.165) is 42.6 Å². The number of pyridine rings is 1. The molecular formula is C24H23N3O2. The van der Waals surface area contributed by atoms with Gasteiger partial charge in [-0.3, -0.25) is 4.79 Å². The lowest BCUT2D eigenvalue weighted by atomic mass is 10.0. The smallest absolute Gasteiger partial charge is 0.259 e. The highest BCUT2D eigenvalue weighted by atomic mass is 16.5. The Bertz CT molecular complexity index is 1210. The first-order valence-corrected chi connectivity index (χ1v) is 10.0. The lowest BCUT2D eigenvalue weighted by Gasteiger charge is -2.11. The monoisotopic (exact) mass is 385 g/mol. The van der Waals surface area contributed by atoms with Crippen LogP contribution < -0.4 is 15.6 Å². The quantitative estimate of drug-likeness (QED) is 0.563. The Morgan fingerprint density at radius 3 is 2.79 bits per heavy atom. The minimum atomic E-state index is -0.139. The summed E-state index contributed by atoms with van der Waals surface area (Å²) in [5, 5.41) is 4.61. The van der Waals surface area contributed by atoms with E-state index in [4.69, 9.17) is 4.74 Å². The summed E-state index contributed by atoms with van der Waals surface area (Å²) in [7, 11) is 0. The predicted octanol–water partition coefficient (Wildman–Crippen LogP) is 3.72. The minimum absolute atomic E-state index is 0.139. The standard InChI is InChI=1S/C24H23N3O2/c28-24-23(22(9-11-26-24)29-16-17-4-2-1-3-5-17)18-6-7-21-19(14-18)15-20-8-10-25-12-13-27(20)21/h1-7,9,11,14-15,25H,8,10,12-13,16H2,(H,26,28). The molecule has 3 heterocycles. The van der Waals surface area contributed by atoms with Gasteiger partial charge < -0.3 is 19.6 Å². The van der Waals surface area contributed by atoms with Gasteiger partial charge in [-0.15, -0.1) is 0 Å². The Hall–Kier alpha value is -3.31. The van der Waals surface area contributed by atoms with Crippen molar-refractivity contribution >= 4 is 10.9 Å². The zero-order chi connectivity index (χ0) is 19.6. The van der Waals surface area contributed by atoms with Gasteiger partial charge in [0.05, 0.1) is 5.56 Å². The minimum Gasteiger partial charge on any atom is -0.488 e. The SMILES string of the molecule is O=c1[nH]ccc(OCc2ccccc2)c1-c1ccc2c(c1)cc1n2CCNCC1. The molecule has 0 bridgehead atoms. The molecule has 2 aromatic heterocycles. The van der Waals surface area contributed by atoms with Crippen LogP contribution in [0, 0.1) is 0 Å². The van der Waals surface area contributed by atoms with Gasteiger partial charge in [0, 0.05) is 48.8 Å². The molecule has 2 N–H and O–H groups in total. The zero-order valence-corrected chi connectivity index (χ0v) is 16.2. The van der Waals surface area contributed by atoms with Crippen molar-refractivity contribution in [1.82, 2.24) is 14.9 Å². The topological polar surface area (TPSA) is 59.1 Å². The number of benzene rings is 2. The number of rotatable bonds is 4. The van der Waals surface area contributed by atoms with Gasteiger partial charge in [0.2, 0.25) is 0 Å². The number of aromatic nitrogens is 2. The number of H-pyrrole nitrogens is 1. The van der Waals surface area contributed by atoms with E-state index in [1.165, 1.54) is 11.2 Å². The molecule has 0 amide bonds. The Morgan fingerprint density at radius 1 is 1.00 bits per heavy atom.